The summed E-state index contributed by atoms with van der Waals surface area (Å²) >= 11 is 1.53. The molecule has 1 unspecified atom stereocenters. The van der Waals surface area contributed by atoms with E-state index in [1.54, 1.807) is 0 Å². The quantitative estimate of drug-likeness (QED) is 0.848. The topological polar surface area (TPSA) is 58.6 Å². The van der Waals surface area contributed by atoms with Crippen molar-refractivity contribution in [1.29, 1.82) is 0 Å². The van der Waals surface area contributed by atoms with Crippen molar-refractivity contribution in [3.63, 3.8) is 0 Å². The molecule has 2 fully saturated rings. The standard InChI is InChI=1S/C14H18N2O3S/c1-10-14(19-8-12(17)15-10)3-5-16(6-4-14)13(18)11-2-7-20-9-11/h2,7,9-10H,3-6,8H2,1H3,(H,15,17). The molecule has 2 amide bonds. The van der Waals surface area contributed by atoms with Gasteiger partial charge in [0.05, 0.1) is 17.2 Å². The van der Waals surface area contributed by atoms with Crippen LogP contribution in [0.15, 0.2) is 16.8 Å². The predicted molar refractivity (Wildman–Crippen MR) is 75.7 cm³/mol. The Morgan fingerprint density at radius 3 is 2.85 bits per heavy atom. The van der Waals surface area contributed by atoms with Crippen LogP contribution in [0.2, 0.25) is 0 Å². The van der Waals surface area contributed by atoms with E-state index < -0.39 is 0 Å². The van der Waals surface area contributed by atoms with E-state index in [4.69, 9.17) is 4.74 Å². The summed E-state index contributed by atoms with van der Waals surface area (Å²) in [6.45, 7) is 3.46. The van der Waals surface area contributed by atoms with Gasteiger partial charge < -0.3 is 15.0 Å². The average Bonchev–Trinajstić information content (AvgIpc) is 2.98. The fraction of sp³-hybridized carbons (Fsp3) is 0.571. The number of rotatable bonds is 1. The third-order valence-electron chi connectivity index (χ3n) is 4.32. The van der Waals surface area contributed by atoms with Crippen molar-refractivity contribution in [3.05, 3.63) is 22.4 Å². The number of likely N-dealkylation sites (tertiary alicyclic amines) is 1. The molecule has 2 aliphatic heterocycles. The van der Waals surface area contributed by atoms with E-state index in [0.717, 1.165) is 18.4 Å². The Kier molecular flexibility index (Phi) is 3.52. The Morgan fingerprint density at radius 1 is 1.50 bits per heavy atom. The van der Waals surface area contributed by atoms with E-state index in [1.807, 2.05) is 28.7 Å². The van der Waals surface area contributed by atoms with Gasteiger partial charge in [-0.25, -0.2) is 0 Å². The fourth-order valence-electron chi connectivity index (χ4n) is 2.98. The Balaban J connectivity index is 1.65. The normalized spacial score (nSPS) is 25.6. The summed E-state index contributed by atoms with van der Waals surface area (Å²) in [6, 6.07) is 1.86. The zero-order chi connectivity index (χ0) is 14.2. The SMILES string of the molecule is CC1NC(=O)COC12CCN(C(=O)c1ccsc1)CC2. The van der Waals surface area contributed by atoms with Gasteiger partial charge >= 0.3 is 0 Å². The number of piperidine rings is 1. The molecule has 1 spiro atoms. The summed E-state index contributed by atoms with van der Waals surface area (Å²) in [5, 5.41) is 6.74. The van der Waals surface area contributed by atoms with Crippen LogP contribution in [0.3, 0.4) is 0 Å². The van der Waals surface area contributed by atoms with E-state index in [9.17, 15) is 9.59 Å². The second-order valence-corrected chi connectivity index (χ2v) is 6.23. The molecule has 3 rings (SSSR count). The maximum Gasteiger partial charge on any atom is 0.254 e. The first-order valence-electron chi connectivity index (χ1n) is 6.85. The Bertz CT molecular complexity index is 506. The molecular formula is C14H18N2O3S. The van der Waals surface area contributed by atoms with Crippen LogP contribution in [-0.2, 0) is 9.53 Å². The Labute approximate surface area is 121 Å². The number of nitrogens with one attached hydrogen (secondary N) is 1. The van der Waals surface area contributed by atoms with Crippen LogP contribution in [-0.4, -0.2) is 48.1 Å². The van der Waals surface area contributed by atoms with Crippen LogP contribution >= 0.6 is 11.3 Å². The molecule has 3 heterocycles. The average molecular weight is 294 g/mol. The van der Waals surface area contributed by atoms with Crippen molar-refractivity contribution in [3.8, 4) is 0 Å². The lowest BCUT2D eigenvalue weighted by Crippen LogP contribution is -2.63. The van der Waals surface area contributed by atoms with Gasteiger partial charge in [0.2, 0.25) is 5.91 Å². The molecule has 2 saturated heterocycles. The van der Waals surface area contributed by atoms with E-state index in [2.05, 4.69) is 5.32 Å². The van der Waals surface area contributed by atoms with Crippen molar-refractivity contribution in [2.24, 2.45) is 0 Å². The van der Waals surface area contributed by atoms with Crippen LogP contribution in [0.4, 0.5) is 0 Å². The molecule has 0 saturated carbocycles. The van der Waals surface area contributed by atoms with Crippen molar-refractivity contribution in [2.75, 3.05) is 19.7 Å². The molecule has 1 aromatic heterocycles. The minimum Gasteiger partial charge on any atom is -0.363 e. The third kappa shape index (κ3) is 2.33. The van der Waals surface area contributed by atoms with Crippen molar-refractivity contribution < 1.29 is 14.3 Å². The molecule has 1 N–H and O–H groups in total. The number of ether oxygens (including phenoxy) is 1. The second-order valence-electron chi connectivity index (χ2n) is 5.45. The number of nitrogens with zero attached hydrogens (tertiary/aromatic N) is 1. The van der Waals surface area contributed by atoms with Crippen LogP contribution < -0.4 is 5.32 Å². The fourth-order valence-corrected chi connectivity index (χ4v) is 3.61. The van der Waals surface area contributed by atoms with E-state index in [1.165, 1.54) is 11.3 Å². The highest BCUT2D eigenvalue weighted by molar-refractivity contribution is 7.08. The summed E-state index contributed by atoms with van der Waals surface area (Å²) in [5.74, 6) is 0.0357. The number of carbonyl (C=O) groups excluding carboxylic acids is 2. The highest BCUT2D eigenvalue weighted by Crippen LogP contribution is 2.32. The molecule has 1 atom stereocenters. The van der Waals surface area contributed by atoms with Gasteiger partial charge in [0.15, 0.2) is 0 Å². The van der Waals surface area contributed by atoms with Gasteiger partial charge in [-0.2, -0.15) is 11.3 Å². The van der Waals surface area contributed by atoms with E-state index in [0.29, 0.717) is 13.1 Å². The molecule has 0 aliphatic carbocycles. The summed E-state index contributed by atoms with van der Waals surface area (Å²) in [4.78, 5) is 25.5. The summed E-state index contributed by atoms with van der Waals surface area (Å²) < 4.78 is 5.80. The summed E-state index contributed by atoms with van der Waals surface area (Å²) in [5.41, 5.74) is 0.455. The molecule has 20 heavy (non-hydrogen) atoms. The number of carbonyl (C=O) groups is 2. The first-order valence-corrected chi connectivity index (χ1v) is 7.80. The maximum atomic E-state index is 12.3. The molecule has 0 radical (unpaired) electrons. The van der Waals surface area contributed by atoms with Gasteiger partial charge in [-0.05, 0) is 31.2 Å². The molecule has 1 aromatic rings. The third-order valence-corrected chi connectivity index (χ3v) is 5.01. The van der Waals surface area contributed by atoms with Gasteiger partial charge in [-0.1, -0.05) is 0 Å². The second kappa shape index (κ2) is 5.18. The molecule has 6 heteroatoms. The first-order chi connectivity index (χ1) is 9.61. The number of hydrogen-bond donors (Lipinski definition) is 1. The van der Waals surface area contributed by atoms with Crippen LogP contribution in [0, 0.1) is 0 Å². The molecule has 108 valence electrons. The van der Waals surface area contributed by atoms with Crippen molar-refractivity contribution in [1.82, 2.24) is 10.2 Å². The van der Waals surface area contributed by atoms with Gasteiger partial charge in [0.25, 0.3) is 5.91 Å². The van der Waals surface area contributed by atoms with Crippen molar-refractivity contribution in [2.45, 2.75) is 31.4 Å². The zero-order valence-corrected chi connectivity index (χ0v) is 12.2. The van der Waals surface area contributed by atoms with Gasteiger partial charge in [0.1, 0.15) is 6.61 Å². The number of hydrogen-bond acceptors (Lipinski definition) is 4. The highest BCUT2D eigenvalue weighted by Gasteiger charge is 2.44. The van der Waals surface area contributed by atoms with Crippen molar-refractivity contribution >= 4 is 23.2 Å². The monoisotopic (exact) mass is 294 g/mol. The molecular weight excluding hydrogens is 276 g/mol. The maximum absolute atomic E-state index is 12.3. The van der Waals surface area contributed by atoms with Crippen LogP contribution in [0.1, 0.15) is 30.1 Å². The minimum atomic E-state index is -0.306. The largest absolute Gasteiger partial charge is 0.363 e. The summed E-state index contributed by atoms with van der Waals surface area (Å²) in [7, 11) is 0. The van der Waals surface area contributed by atoms with Gasteiger partial charge in [0, 0.05) is 18.5 Å². The lowest BCUT2D eigenvalue weighted by atomic mass is 9.83. The lowest BCUT2D eigenvalue weighted by Gasteiger charge is -2.47. The van der Waals surface area contributed by atoms with Crippen LogP contribution in [0.25, 0.3) is 0 Å². The summed E-state index contributed by atoms with van der Waals surface area (Å²) in [6.07, 6.45) is 1.54. The number of thiophene rings is 1. The first kappa shape index (κ1) is 13.6. The zero-order valence-electron chi connectivity index (χ0n) is 11.4. The molecule has 0 aromatic carbocycles. The molecule has 0 bridgehead atoms. The number of morpholine rings is 1. The Morgan fingerprint density at radius 2 is 2.25 bits per heavy atom. The lowest BCUT2D eigenvalue weighted by molar-refractivity contribution is -0.158. The minimum absolute atomic E-state index is 0.00199. The smallest absolute Gasteiger partial charge is 0.254 e. The predicted octanol–water partition coefficient (Wildman–Crippen LogP) is 1.26. The Hall–Kier alpha value is -1.40. The number of amides is 2. The highest BCUT2D eigenvalue weighted by atomic mass is 32.1. The van der Waals surface area contributed by atoms with E-state index >= 15 is 0 Å². The molecule has 5 nitrogen and oxygen atoms in total. The van der Waals surface area contributed by atoms with E-state index in [-0.39, 0.29) is 30.1 Å². The van der Waals surface area contributed by atoms with Gasteiger partial charge in [-0.3, -0.25) is 9.59 Å². The van der Waals surface area contributed by atoms with Gasteiger partial charge in [-0.15, -0.1) is 0 Å². The van der Waals surface area contributed by atoms with Crippen LogP contribution in [0.5, 0.6) is 0 Å². The molecule has 2 aliphatic rings.